The first-order valence-electron chi connectivity index (χ1n) is 9.18. The predicted octanol–water partition coefficient (Wildman–Crippen LogP) is 1.82. The average molecular weight is 392 g/mol. The molecule has 8 heteroatoms. The molecule has 1 atom stereocenters. The highest BCUT2D eigenvalue weighted by molar-refractivity contribution is 5.88. The number of esters is 1. The van der Waals surface area contributed by atoms with E-state index >= 15 is 0 Å². The van der Waals surface area contributed by atoms with Gasteiger partial charge in [-0.15, -0.1) is 0 Å². The molecule has 1 aromatic carbocycles. The number of carbonyl (C=O) groups is 3. The fraction of sp³-hybridized carbons (Fsp3) is 0.550. The molecule has 1 heterocycles. The highest BCUT2D eigenvalue weighted by Crippen LogP contribution is 2.15. The van der Waals surface area contributed by atoms with Crippen molar-refractivity contribution in [1.29, 1.82) is 0 Å². The maximum atomic E-state index is 12.6. The molecule has 0 aliphatic carbocycles. The van der Waals surface area contributed by atoms with E-state index in [0.717, 1.165) is 5.56 Å². The maximum absolute atomic E-state index is 12.6. The third kappa shape index (κ3) is 6.23. The molecule has 1 fully saturated rings. The fourth-order valence-corrected chi connectivity index (χ4v) is 2.78. The van der Waals surface area contributed by atoms with Gasteiger partial charge in [0.25, 0.3) is 0 Å². The van der Waals surface area contributed by atoms with E-state index in [0.29, 0.717) is 6.61 Å². The van der Waals surface area contributed by atoms with E-state index in [1.807, 2.05) is 30.3 Å². The van der Waals surface area contributed by atoms with Crippen LogP contribution >= 0.6 is 0 Å². The van der Waals surface area contributed by atoms with Crippen molar-refractivity contribution < 1.29 is 28.6 Å². The number of benzene rings is 1. The lowest BCUT2D eigenvalue weighted by Crippen LogP contribution is -2.59. The van der Waals surface area contributed by atoms with Crippen LogP contribution in [0.15, 0.2) is 30.3 Å². The smallest absolute Gasteiger partial charge is 0.410 e. The summed E-state index contributed by atoms with van der Waals surface area (Å²) in [5.74, 6) is -0.900. The third-order valence-corrected chi connectivity index (χ3v) is 4.15. The molecule has 0 unspecified atom stereocenters. The Hall–Kier alpha value is -2.61. The van der Waals surface area contributed by atoms with Crippen LogP contribution in [0.3, 0.4) is 0 Å². The lowest BCUT2D eigenvalue weighted by atomic mass is 10.2. The molecule has 28 heavy (non-hydrogen) atoms. The summed E-state index contributed by atoms with van der Waals surface area (Å²) >= 11 is 0. The van der Waals surface area contributed by atoms with Gasteiger partial charge in [0.15, 0.2) is 6.04 Å². The molecule has 0 aromatic heterocycles. The van der Waals surface area contributed by atoms with E-state index in [1.54, 1.807) is 20.8 Å². The molecule has 1 aliphatic rings. The average Bonchev–Trinajstić information content (AvgIpc) is 2.64. The van der Waals surface area contributed by atoms with Gasteiger partial charge >= 0.3 is 12.1 Å². The van der Waals surface area contributed by atoms with Crippen molar-refractivity contribution in [3.05, 3.63) is 35.9 Å². The summed E-state index contributed by atoms with van der Waals surface area (Å²) in [6.45, 7) is 5.95. The summed E-state index contributed by atoms with van der Waals surface area (Å²) in [5.41, 5.74) is 0.323. The Bertz CT molecular complexity index is 686. The molecule has 8 nitrogen and oxygen atoms in total. The molecule has 0 bridgehead atoms. The minimum Gasteiger partial charge on any atom is -0.467 e. The van der Waals surface area contributed by atoms with Crippen molar-refractivity contribution >= 4 is 18.0 Å². The highest BCUT2D eigenvalue weighted by atomic mass is 16.6. The topological polar surface area (TPSA) is 85.4 Å². The fourth-order valence-electron chi connectivity index (χ4n) is 2.78. The number of piperazine rings is 1. The van der Waals surface area contributed by atoms with Crippen LogP contribution in [0.25, 0.3) is 0 Å². The van der Waals surface area contributed by atoms with Crippen LogP contribution in [0.5, 0.6) is 0 Å². The van der Waals surface area contributed by atoms with Gasteiger partial charge in [-0.3, -0.25) is 9.69 Å². The molecule has 1 saturated heterocycles. The molecular formula is C20H28N2O6. The van der Waals surface area contributed by atoms with Crippen molar-refractivity contribution in [3.63, 3.8) is 0 Å². The van der Waals surface area contributed by atoms with Crippen LogP contribution < -0.4 is 0 Å². The van der Waals surface area contributed by atoms with E-state index in [1.165, 1.54) is 16.9 Å². The number of amides is 2. The van der Waals surface area contributed by atoms with Gasteiger partial charge in [0, 0.05) is 13.1 Å². The van der Waals surface area contributed by atoms with Gasteiger partial charge < -0.3 is 19.1 Å². The first kappa shape index (κ1) is 21.7. The Morgan fingerprint density at radius 3 is 2.39 bits per heavy atom. The summed E-state index contributed by atoms with van der Waals surface area (Å²) in [5, 5.41) is 0. The SMILES string of the molecule is COC(=O)[C@@H](COCc1ccccc1)N1CCN(C(=O)OC(C)(C)C)CC1=O. The molecule has 2 rings (SSSR count). The molecule has 1 aliphatic heterocycles. The summed E-state index contributed by atoms with van der Waals surface area (Å²) in [7, 11) is 1.27. The molecule has 0 spiro atoms. The van der Waals surface area contributed by atoms with Crippen molar-refractivity contribution in [3.8, 4) is 0 Å². The van der Waals surface area contributed by atoms with E-state index in [4.69, 9.17) is 14.2 Å². The van der Waals surface area contributed by atoms with Crippen LogP contribution in [0.4, 0.5) is 4.79 Å². The molecule has 0 N–H and O–H groups in total. The van der Waals surface area contributed by atoms with E-state index < -0.39 is 23.7 Å². The number of rotatable bonds is 6. The van der Waals surface area contributed by atoms with Crippen LogP contribution in [0, 0.1) is 0 Å². The van der Waals surface area contributed by atoms with Crippen LogP contribution in [-0.4, -0.2) is 72.8 Å². The summed E-state index contributed by atoms with van der Waals surface area (Å²) in [6.07, 6.45) is -0.546. The van der Waals surface area contributed by atoms with E-state index in [-0.39, 0.29) is 32.1 Å². The monoisotopic (exact) mass is 392 g/mol. The van der Waals surface area contributed by atoms with Crippen LogP contribution in [-0.2, 0) is 30.4 Å². The number of hydrogen-bond acceptors (Lipinski definition) is 6. The number of nitrogens with zero attached hydrogens (tertiary/aromatic N) is 2. The Kier molecular flexibility index (Phi) is 7.39. The molecule has 2 amide bonds. The van der Waals surface area contributed by atoms with Gasteiger partial charge in [0.1, 0.15) is 12.1 Å². The normalized spacial score (nSPS) is 15.9. The number of ether oxygens (including phenoxy) is 3. The van der Waals surface area contributed by atoms with Gasteiger partial charge in [-0.2, -0.15) is 0 Å². The number of hydrogen-bond donors (Lipinski definition) is 0. The maximum Gasteiger partial charge on any atom is 0.410 e. The Balaban J connectivity index is 1.96. The molecule has 154 valence electrons. The summed E-state index contributed by atoms with van der Waals surface area (Å²) < 4.78 is 15.8. The van der Waals surface area contributed by atoms with Crippen molar-refractivity contribution in [2.45, 2.75) is 39.0 Å². The zero-order valence-corrected chi connectivity index (χ0v) is 16.8. The Morgan fingerprint density at radius 2 is 1.82 bits per heavy atom. The van der Waals surface area contributed by atoms with E-state index in [2.05, 4.69) is 0 Å². The Morgan fingerprint density at radius 1 is 1.14 bits per heavy atom. The van der Waals surface area contributed by atoms with Crippen LogP contribution in [0.2, 0.25) is 0 Å². The minimum atomic E-state index is -0.859. The van der Waals surface area contributed by atoms with Gasteiger partial charge in [-0.05, 0) is 26.3 Å². The molecule has 1 aromatic rings. The second-order valence-electron chi connectivity index (χ2n) is 7.53. The lowest BCUT2D eigenvalue weighted by molar-refractivity contribution is -0.158. The number of methoxy groups -OCH3 is 1. The molecular weight excluding hydrogens is 364 g/mol. The van der Waals surface area contributed by atoms with Crippen LogP contribution in [0.1, 0.15) is 26.3 Å². The first-order chi connectivity index (χ1) is 13.2. The first-order valence-corrected chi connectivity index (χ1v) is 9.18. The van der Waals surface area contributed by atoms with Crippen molar-refractivity contribution in [2.75, 3.05) is 33.4 Å². The molecule has 0 saturated carbocycles. The predicted molar refractivity (Wildman–Crippen MR) is 101 cm³/mol. The Labute approximate surface area is 165 Å². The standard InChI is InChI=1S/C20H28N2O6/c1-20(2,3)28-19(25)21-10-11-22(17(23)12-21)16(18(24)26-4)14-27-13-15-8-6-5-7-9-15/h5-9,16H,10-14H2,1-4H3/t16-/m1/s1. The molecule has 0 radical (unpaired) electrons. The zero-order chi connectivity index (χ0) is 20.7. The third-order valence-electron chi connectivity index (χ3n) is 4.15. The van der Waals surface area contributed by atoms with Gasteiger partial charge in [0.05, 0.1) is 20.3 Å². The quantitative estimate of drug-likeness (QED) is 0.687. The number of carbonyl (C=O) groups excluding carboxylic acids is 3. The van der Waals surface area contributed by atoms with Gasteiger partial charge in [-0.25, -0.2) is 9.59 Å². The van der Waals surface area contributed by atoms with Gasteiger partial charge in [0.2, 0.25) is 5.91 Å². The largest absolute Gasteiger partial charge is 0.467 e. The highest BCUT2D eigenvalue weighted by Gasteiger charge is 2.37. The van der Waals surface area contributed by atoms with E-state index in [9.17, 15) is 14.4 Å². The van der Waals surface area contributed by atoms with Gasteiger partial charge in [-0.1, -0.05) is 30.3 Å². The second-order valence-corrected chi connectivity index (χ2v) is 7.53. The lowest BCUT2D eigenvalue weighted by Gasteiger charge is -2.38. The zero-order valence-electron chi connectivity index (χ0n) is 16.8. The minimum absolute atomic E-state index is 0.0136. The summed E-state index contributed by atoms with van der Waals surface area (Å²) in [6, 6.07) is 8.67. The summed E-state index contributed by atoms with van der Waals surface area (Å²) in [4.78, 5) is 39.7. The van der Waals surface area contributed by atoms with Crippen molar-refractivity contribution in [1.82, 2.24) is 9.80 Å². The second kappa shape index (κ2) is 9.54. The van der Waals surface area contributed by atoms with Crippen molar-refractivity contribution in [2.24, 2.45) is 0 Å².